The fraction of sp³-hybridized carbons (Fsp3) is 0.267. The first-order chi connectivity index (χ1) is 10.9. The average Bonchev–Trinajstić information content (AvgIpc) is 2.55. The van der Waals surface area contributed by atoms with Crippen LogP contribution in [-0.2, 0) is 9.53 Å². The fourth-order valence-corrected chi connectivity index (χ4v) is 2.02. The van der Waals surface area contributed by atoms with E-state index < -0.39 is 11.9 Å². The second-order valence-electron chi connectivity index (χ2n) is 4.34. The summed E-state index contributed by atoms with van der Waals surface area (Å²) in [7, 11) is 1.46. The van der Waals surface area contributed by atoms with Crippen molar-refractivity contribution in [3.05, 3.63) is 39.5 Å². The minimum atomic E-state index is -0.744. The van der Waals surface area contributed by atoms with Crippen LogP contribution in [0.25, 0.3) is 0 Å². The van der Waals surface area contributed by atoms with E-state index in [1.54, 1.807) is 6.07 Å². The van der Waals surface area contributed by atoms with Gasteiger partial charge in [-0.25, -0.2) is 4.79 Å². The lowest BCUT2D eigenvalue weighted by Crippen LogP contribution is -2.18. The smallest absolute Gasteiger partial charge is 0.350 e. The summed E-state index contributed by atoms with van der Waals surface area (Å²) < 4.78 is 4.87. The molecule has 23 heavy (non-hydrogen) atoms. The van der Waals surface area contributed by atoms with Gasteiger partial charge in [0.05, 0.1) is 22.9 Å². The Bertz CT molecular complexity index is 681. The van der Waals surface area contributed by atoms with E-state index >= 15 is 0 Å². The lowest BCUT2D eigenvalue weighted by atomic mass is 10.2. The largest absolute Gasteiger partial charge is 0.462 e. The van der Waals surface area contributed by atoms with Gasteiger partial charge in [-0.15, -0.1) is 0 Å². The van der Waals surface area contributed by atoms with Gasteiger partial charge in [-0.05, 0) is 18.6 Å². The number of hydrogen-bond acceptors (Lipinski definition) is 5. The Balaban J connectivity index is 3.06. The van der Waals surface area contributed by atoms with Gasteiger partial charge in [-0.3, -0.25) is 4.79 Å². The molecule has 6 nitrogen and oxygen atoms in total. The van der Waals surface area contributed by atoms with Gasteiger partial charge in [-0.1, -0.05) is 30.1 Å². The highest BCUT2D eigenvalue weighted by atomic mass is 35.5. The molecule has 8 heteroatoms. The normalized spacial score (nSPS) is 10.7. The third-order valence-corrected chi connectivity index (χ3v) is 3.28. The van der Waals surface area contributed by atoms with Crippen LogP contribution < -0.4 is 10.6 Å². The van der Waals surface area contributed by atoms with E-state index in [2.05, 4.69) is 10.6 Å². The lowest BCUT2D eigenvalue weighted by Gasteiger charge is -2.10. The Morgan fingerprint density at radius 3 is 2.65 bits per heavy atom. The molecule has 2 N–H and O–H groups in total. The first-order valence-electron chi connectivity index (χ1n) is 6.69. The van der Waals surface area contributed by atoms with Crippen molar-refractivity contribution in [1.29, 1.82) is 5.26 Å². The molecule has 0 aliphatic heterocycles. The molecule has 0 heterocycles. The molecule has 0 atom stereocenters. The maximum Gasteiger partial charge on any atom is 0.350 e. The zero-order valence-electron chi connectivity index (χ0n) is 12.6. The molecule has 0 saturated heterocycles. The van der Waals surface area contributed by atoms with E-state index in [0.29, 0.717) is 6.42 Å². The molecule has 1 aromatic carbocycles. The minimum Gasteiger partial charge on any atom is -0.462 e. The third-order valence-electron chi connectivity index (χ3n) is 2.66. The summed E-state index contributed by atoms with van der Waals surface area (Å²) in [6.07, 6.45) is 1.80. The van der Waals surface area contributed by atoms with Crippen molar-refractivity contribution in [2.45, 2.75) is 13.3 Å². The van der Waals surface area contributed by atoms with Gasteiger partial charge in [0, 0.05) is 18.3 Å². The summed E-state index contributed by atoms with van der Waals surface area (Å²) in [6, 6.07) is 4.62. The molecule has 1 rings (SSSR count). The molecular weight excluding hydrogens is 341 g/mol. The Morgan fingerprint density at radius 2 is 2.09 bits per heavy atom. The minimum absolute atomic E-state index is 0.115. The average molecular weight is 356 g/mol. The number of nitriles is 1. The van der Waals surface area contributed by atoms with Crippen LogP contribution in [0, 0.1) is 11.3 Å². The van der Waals surface area contributed by atoms with Crippen LogP contribution >= 0.6 is 23.2 Å². The predicted octanol–water partition coefficient (Wildman–Crippen LogP) is 3.13. The Hall–Kier alpha value is -2.23. The maximum absolute atomic E-state index is 11.7. The molecule has 0 unspecified atom stereocenters. The van der Waals surface area contributed by atoms with Gasteiger partial charge < -0.3 is 15.4 Å². The van der Waals surface area contributed by atoms with Gasteiger partial charge in [0.2, 0.25) is 0 Å². The van der Waals surface area contributed by atoms with Crippen LogP contribution in [0.3, 0.4) is 0 Å². The molecule has 0 spiro atoms. The van der Waals surface area contributed by atoms with Gasteiger partial charge >= 0.3 is 5.97 Å². The second-order valence-corrected chi connectivity index (χ2v) is 5.16. The van der Waals surface area contributed by atoms with Crippen molar-refractivity contribution in [2.75, 3.05) is 19.0 Å². The summed E-state index contributed by atoms with van der Waals surface area (Å²) in [5.41, 5.74) is 0.231. The molecule has 0 aliphatic rings. The molecule has 0 bridgehead atoms. The van der Waals surface area contributed by atoms with Gasteiger partial charge in [0.15, 0.2) is 5.57 Å². The maximum atomic E-state index is 11.7. The zero-order chi connectivity index (χ0) is 17.4. The predicted molar refractivity (Wildman–Crippen MR) is 88.4 cm³/mol. The van der Waals surface area contributed by atoms with Crippen LogP contribution in [0.5, 0.6) is 0 Å². The summed E-state index contributed by atoms with van der Waals surface area (Å²) >= 11 is 12.1. The van der Waals surface area contributed by atoms with Gasteiger partial charge in [0.25, 0.3) is 5.91 Å². The number of rotatable bonds is 6. The van der Waals surface area contributed by atoms with E-state index in [1.165, 1.54) is 19.2 Å². The lowest BCUT2D eigenvalue weighted by molar-refractivity contribution is -0.138. The van der Waals surface area contributed by atoms with E-state index in [0.717, 1.165) is 6.20 Å². The van der Waals surface area contributed by atoms with E-state index in [9.17, 15) is 9.59 Å². The highest BCUT2D eigenvalue weighted by Crippen LogP contribution is 2.30. The van der Waals surface area contributed by atoms with Crippen molar-refractivity contribution in [1.82, 2.24) is 5.32 Å². The Kier molecular flexibility index (Phi) is 7.39. The first-order valence-corrected chi connectivity index (χ1v) is 7.45. The zero-order valence-corrected chi connectivity index (χ0v) is 14.1. The molecule has 0 aliphatic carbocycles. The third kappa shape index (κ3) is 5.16. The molecule has 0 fully saturated rings. The number of halogens is 2. The van der Waals surface area contributed by atoms with Crippen LogP contribution in [-0.4, -0.2) is 25.5 Å². The quantitative estimate of drug-likeness (QED) is 0.464. The molecule has 0 aromatic heterocycles. The Morgan fingerprint density at radius 1 is 1.39 bits per heavy atom. The van der Waals surface area contributed by atoms with Crippen molar-refractivity contribution < 1.29 is 14.3 Å². The highest BCUT2D eigenvalue weighted by Gasteiger charge is 2.15. The molecule has 1 aromatic rings. The molecular formula is C15H15Cl2N3O3. The van der Waals surface area contributed by atoms with Crippen molar-refractivity contribution >= 4 is 40.8 Å². The van der Waals surface area contributed by atoms with Crippen molar-refractivity contribution in [3.63, 3.8) is 0 Å². The molecule has 1 amide bonds. The molecule has 0 radical (unpaired) electrons. The number of esters is 1. The summed E-state index contributed by atoms with van der Waals surface area (Å²) in [6.45, 7) is 2.06. The number of benzene rings is 1. The number of hydrogen-bond donors (Lipinski definition) is 2. The summed E-state index contributed by atoms with van der Waals surface area (Å²) in [4.78, 5) is 23.4. The number of nitrogens with one attached hydrogen (secondary N) is 2. The summed E-state index contributed by atoms with van der Waals surface area (Å²) in [5, 5.41) is 14.5. The van der Waals surface area contributed by atoms with Crippen molar-refractivity contribution in [3.8, 4) is 6.07 Å². The number of amides is 1. The van der Waals surface area contributed by atoms with Gasteiger partial charge in [0.1, 0.15) is 6.07 Å². The van der Waals surface area contributed by atoms with Crippen LogP contribution in [0.15, 0.2) is 23.9 Å². The van der Waals surface area contributed by atoms with E-state index in [1.807, 2.05) is 6.92 Å². The number of nitrogens with zero attached hydrogens (tertiary/aromatic N) is 1. The van der Waals surface area contributed by atoms with Crippen LogP contribution in [0.2, 0.25) is 10.0 Å². The van der Waals surface area contributed by atoms with Crippen molar-refractivity contribution in [2.24, 2.45) is 0 Å². The van der Waals surface area contributed by atoms with Gasteiger partial charge in [-0.2, -0.15) is 5.26 Å². The topological polar surface area (TPSA) is 91.2 Å². The second kappa shape index (κ2) is 9.03. The standard InChI is InChI=1S/C15H15Cl2N3O3/c1-3-4-23-15(22)9(7-18)8-20-12-6-10(16)5-11(13(12)17)14(21)19-2/h5-6,8,20H,3-4H2,1-2H3,(H,19,21). The van der Waals surface area contributed by atoms with Crippen LogP contribution in [0.4, 0.5) is 5.69 Å². The SMILES string of the molecule is CCCOC(=O)C(C#N)=CNc1cc(Cl)cc(C(=O)NC)c1Cl. The number of anilines is 1. The fourth-order valence-electron chi connectivity index (χ4n) is 1.55. The Labute approximate surface area is 144 Å². The highest BCUT2D eigenvalue weighted by molar-refractivity contribution is 6.38. The monoisotopic (exact) mass is 355 g/mol. The first kappa shape index (κ1) is 18.8. The van der Waals surface area contributed by atoms with E-state index in [-0.39, 0.29) is 33.5 Å². The molecule has 122 valence electrons. The number of carbonyl (C=O) groups is 2. The van der Waals surface area contributed by atoms with Crippen LogP contribution in [0.1, 0.15) is 23.7 Å². The number of ether oxygens (including phenoxy) is 1. The van der Waals surface area contributed by atoms with E-state index in [4.69, 9.17) is 33.2 Å². The number of carbonyl (C=O) groups excluding carboxylic acids is 2. The summed E-state index contributed by atoms with van der Waals surface area (Å²) in [5.74, 6) is -1.15. The molecule has 0 saturated carbocycles.